The summed E-state index contributed by atoms with van der Waals surface area (Å²) in [4.78, 5) is 25.5. The van der Waals surface area contributed by atoms with E-state index in [4.69, 9.17) is 4.42 Å². The number of nitrogens with one attached hydrogen (secondary N) is 1. The van der Waals surface area contributed by atoms with Crippen LogP contribution in [-0.4, -0.2) is 26.7 Å². The molecule has 1 amide bonds. The number of hydrogen-bond acceptors (Lipinski definition) is 6. The number of carbonyl (C=O) groups excluding carboxylic acids is 1. The van der Waals surface area contributed by atoms with Gasteiger partial charge < -0.3 is 4.42 Å². The van der Waals surface area contributed by atoms with E-state index in [0.717, 1.165) is 0 Å². The van der Waals surface area contributed by atoms with E-state index in [1.54, 1.807) is 24.3 Å². The van der Waals surface area contributed by atoms with Gasteiger partial charge in [0.2, 0.25) is 0 Å². The molecule has 0 atom stereocenters. The third-order valence-electron chi connectivity index (χ3n) is 3.08. The van der Waals surface area contributed by atoms with Gasteiger partial charge in [0.05, 0.1) is 11.1 Å². The van der Waals surface area contributed by atoms with Gasteiger partial charge in [0, 0.05) is 30.1 Å². The van der Waals surface area contributed by atoms with Crippen LogP contribution in [0, 0.1) is 10.1 Å². The highest BCUT2D eigenvalue weighted by molar-refractivity contribution is 5.81. The SMILES string of the molecule is O=C(N/N=C/c1ccc(-c2ccc([N+](=O)[O-])cc2)o1)n1ccnc1. The summed E-state index contributed by atoms with van der Waals surface area (Å²) in [5.74, 6) is 0.960. The third kappa shape index (κ3) is 3.35. The second kappa shape index (κ2) is 6.57. The molecule has 2 heterocycles. The van der Waals surface area contributed by atoms with Crippen molar-refractivity contribution in [3.8, 4) is 11.3 Å². The molecule has 0 aliphatic rings. The normalized spacial score (nSPS) is 10.8. The van der Waals surface area contributed by atoms with E-state index in [-0.39, 0.29) is 5.69 Å². The molecule has 1 aromatic carbocycles. The average Bonchev–Trinajstić information content (AvgIpc) is 3.27. The molecule has 1 N–H and O–H groups in total. The largest absolute Gasteiger partial charge is 0.455 e. The highest BCUT2D eigenvalue weighted by Gasteiger charge is 2.08. The van der Waals surface area contributed by atoms with E-state index in [0.29, 0.717) is 17.1 Å². The number of nitrogens with zero attached hydrogens (tertiary/aromatic N) is 4. The van der Waals surface area contributed by atoms with Crippen molar-refractivity contribution in [3.05, 3.63) is 71.0 Å². The third-order valence-corrected chi connectivity index (χ3v) is 3.08. The molecular formula is C15H11N5O4. The maximum absolute atomic E-state index is 11.6. The van der Waals surface area contributed by atoms with Crippen molar-refractivity contribution in [2.75, 3.05) is 0 Å². The van der Waals surface area contributed by atoms with E-state index in [9.17, 15) is 14.9 Å². The molecule has 0 unspecified atom stereocenters. The van der Waals surface area contributed by atoms with Crippen molar-refractivity contribution in [1.82, 2.24) is 15.0 Å². The molecule has 0 aliphatic heterocycles. The second-order valence-electron chi connectivity index (χ2n) is 4.65. The van der Waals surface area contributed by atoms with Gasteiger partial charge in [0.25, 0.3) is 5.69 Å². The van der Waals surface area contributed by atoms with Crippen LogP contribution in [-0.2, 0) is 0 Å². The van der Waals surface area contributed by atoms with Crippen LogP contribution in [0.25, 0.3) is 11.3 Å². The van der Waals surface area contributed by atoms with Gasteiger partial charge in [-0.15, -0.1) is 0 Å². The van der Waals surface area contributed by atoms with E-state index in [1.807, 2.05) is 0 Å². The Kier molecular flexibility index (Phi) is 4.15. The zero-order valence-electron chi connectivity index (χ0n) is 12.2. The van der Waals surface area contributed by atoms with Gasteiger partial charge in [-0.3, -0.25) is 14.7 Å². The van der Waals surface area contributed by atoms with Gasteiger partial charge in [-0.05, 0) is 24.3 Å². The fourth-order valence-electron chi connectivity index (χ4n) is 1.91. The van der Waals surface area contributed by atoms with E-state index in [1.165, 1.54) is 41.6 Å². The summed E-state index contributed by atoms with van der Waals surface area (Å²) in [6.45, 7) is 0. The highest BCUT2D eigenvalue weighted by atomic mass is 16.6. The maximum Gasteiger partial charge on any atom is 0.347 e. The van der Waals surface area contributed by atoms with Gasteiger partial charge >= 0.3 is 6.03 Å². The van der Waals surface area contributed by atoms with Crippen LogP contribution in [0.3, 0.4) is 0 Å². The van der Waals surface area contributed by atoms with Crippen LogP contribution >= 0.6 is 0 Å². The molecule has 0 bridgehead atoms. The Hall–Kier alpha value is -3.75. The smallest absolute Gasteiger partial charge is 0.347 e. The van der Waals surface area contributed by atoms with Crippen LogP contribution in [0.5, 0.6) is 0 Å². The van der Waals surface area contributed by atoms with Crippen molar-refractivity contribution in [2.45, 2.75) is 0 Å². The van der Waals surface area contributed by atoms with E-state index in [2.05, 4.69) is 15.5 Å². The molecule has 24 heavy (non-hydrogen) atoms. The molecule has 0 radical (unpaired) electrons. The van der Waals surface area contributed by atoms with Crippen LogP contribution in [0.4, 0.5) is 10.5 Å². The lowest BCUT2D eigenvalue weighted by Crippen LogP contribution is -2.22. The lowest BCUT2D eigenvalue weighted by atomic mass is 10.1. The summed E-state index contributed by atoms with van der Waals surface area (Å²) >= 11 is 0. The summed E-state index contributed by atoms with van der Waals surface area (Å²) in [5, 5.41) is 14.4. The van der Waals surface area contributed by atoms with Crippen LogP contribution < -0.4 is 5.43 Å². The number of nitro benzene ring substituents is 1. The standard InChI is InChI=1S/C15H11N5O4/c21-15(19-8-7-16-10-19)18-17-9-13-5-6-14(24-13)11-1-3-12(4-2-11)20(22)23/h1-10H,(H,18,21)/b17-9+. The van der Waals surface area contributed by atoms with Gasteiger partial charge in [0.15, 0.2) is 0 Å². The number of carbonyl (C=O) groups is 1. The Bertz CT molecular complexity index is 881. The fourth-order valence-corrected chi connectivity index (χ4v) is 1.91. The van der Waals surface area contributed by atoms with Crippen molar-refractivity contribution in [2.24, 2.45) is 5.10 Å². The van der Waals surface area contributed by atoms with Crippen LogP contribution in [0.1, 0.15) is 5.76 Å². The van der Waals surface area contributed by atoms with Crippen molar-refractivity contribution < 1.29 is 14.1 Å². The molecule has 9 heteroatoms. The molecule has 2 aromatic heterocycles. The molecule has 0 spiro atoms. The van der Waals surface area contributed by atoms with Gasteiger partial charge in [-0.1, -0.05) is 0 Å². The number of non-ortho nitro benzene ring substituents is 1. The number of furan rings is 1. The number of imidazole rings is 1. The Morgan fingerprint density at radius 2 is 2.08 bits per heavy atom. The quantitative estimate of drug-likeness (QED) is 0.450. The summed E-state index contributed by atoms with van der Waals surface area (Å²) in [6, 6.07) is 8.92. The first-order valence-electron chi connectivity index (χ1n) is 6.79. The number of hydrogen-bond donors (Lipinski definition) is 1. The van der Waals surface area contributed by atoms with Crippen LogP contribution in [0.2, 0.25) is 0 Å². The Morgan fingerprint density at radius 1 is 1.29 bits per heavy atom. The Labute approximate surface area is 135 Å². The number of aromatic nitrogens is 2. The van der Waals surface area contributed by atoms with Gasteiger partial charge in [-0.25, -0.2) is 15.2 Å². The minimum absolute atomic E-state index is 0.00862. The van der Waals surface area contributed by atoms with Crippen molar-refractivity contribution >= 4 is 17.9 Å². The Balaban J connectivity index is 1.66. The zero-order chi connectivity index (χ0) is 16.9. The molecular weight excluding hydrogens is 314 g/mol. The molecule has 120 valence electrons. The first-order chi connectivity index (χ1) is 11.6. The summed E-state index contributed by atoms with van der Waals surface area (Å²) in [5.41, 5.74) is 3.03. The summed E-state index contributed by atoms with van der Waals surface area (Å²) in [7, 11) is 0. The number of amides is 1. The first kappa shape index (κ1) is 15.2. The minimum atomic E-state index is -0.465. The molecule has 3 aromatic rings. The maximum atomic E-state index is 11.6. The molecule has 0 saturated carbocycles. The predicted octanol–water partition coefficient (Wildman–Crippen LogP) is 2.64. The number of nitro groups is 1. The fraction of sp³-hybridized carbons (Fsp3) is 0. The zero-order valence-corrected chi connectivity index (χ0v) is 12.2. The van der Waals surface area contributed by atoms with Crippen LogP contribution in [0.15, 0.2) is 64.6 Å². The average molecular weight is 325 g/mol. The number of hydrazone groups is 1. The van der Waals surface area contributed by atoms with Gasteiger partial charge in [-0.2, -0.15) is 5.10 Å². The van der Waals surface area contributed by atoms with E-state index < -0.39 is 11.0 Å². The lowest BCUT2D eigenvalue weighted by Gasteiger charge is -1.98. The topological polar surface area (TPSA) is 116 Å². The number of benzene rings is 1. The minimum Gasteiger partial charge on any atom is -0.455 e. The second-order valence-corrected chi connectivity index (χ2v) is 4.65. The van der Waals surface area contributed by atoms with Gasteiger partial charge in [0.1, 0.15) is 17.8 Å². The summed E-state index contributed by atoms with van der Waals surface area (Å²) < 4.78 is 6.79. The monoisotopic (exact) mass is 325 g/mol. The molecule has 9 nitrogen and oxygen atoms in total. The van der Waals surface area contributed by atoms with Crippen molar-refractivity contribution in [1.29, 1.82) is 0 Å². The van der Waals surface area contributed by atoms with Crippen molar-refractivity contribution in [3.63, 3.8) is 0 Å². The van der Waals surface area contributed by atoms with E-state index >= 15 is 0 Å². The number of rotatable bonds is 4. The summed E-state index contributed by atoms with van der Waals surface area (Å²) in [6.07, 6.45) is 5.67. The first-order valence-corrected chi connectivity index (χ1v) is 6.79. The molecule has 0 aliphatic carbocycles. The lowest BCUT2D eigenvalue weighted by molar-refractivity contribution is -0.384. The molecule has 3 rings (SSSR count). The molecule has 0 saturated heterocycles. The molecule has 0 fully saturated rings. The Morgan fingerprint density at radius 3 is 2.75 bits per heavy atom. The highest BCUT2D eigenvalue weighted by Crippen LogP contribution is 2.23. The predicted molar refractivity (Wildman–Crippen MR) is 84.5 cm³/mol.